The first kappa shape index (κ1) is 58.2. The summed E-state index contributed by atoms with van der Waals surface area (Å²) in [7, 11) is 1.80. The topological polar surface area (TPSA) is 418 Å². The van der Waals surface area contributed by atoms with Gasteiger partial charge in [0.15, 0.2) is 11.9 Å². The van der Waals surface area contributed by atoms with Crippen LogP contribution in [0.15, 0.2) is 89.0 Å². The molecule has 0 aliphatic carbocycles. The van der Waals surface area contributed by atoms with Gasteiger partial charge >= 0.3 is 0 Å². The Kier molecular flexibility index (Phi) is 22.9. The maximum absolute atomic E-state index is 14.6. The molecule has 0 saturated heterocycles. The van der Waals surface area contributed by atoms with Crippen LogP contribution in [0.4, 0.5) is 0 Å². The fourth-order valence-corrected chi connectivity index (χ4v) is 8.13. The van der Waals surface area contributed by atoms with Gasteiger partial charge in [-0.25, -0.2) is 0 Å². The first-order valence-electron chi connectivity index (χ1n) is 24.2. The number of rotatable bonds is 30. The van der Waals surface area contributed by atoms with Crippen molar-refractivity contribution >= 4 is 64.2 Å². The van der Waals surface area contributed by atoms with Gasteiger partial charge in [0.2, 0.25) is 41.4 Å². The summed E-state index contributed by atoms with van der Waals surface area (Å²) in [6.07, 6.45) is 3.32. The second-order valence-electron chi connectivity index (χ2n) is 17.8. The molecule has 20 N–H and O–H groups in total. The molecule has 0 aliphatic rings. The minimum Gasteiger partial charge on any atom is -0.508 e. The smallest absolute Gasteiger partial charge is 0.243 e. The fraction of sp³-hybridized carbons (Fsp3) is 0.420. The third-order valence-corrected chi connectivity index (χ3v) is 11.9. The van der Waals surface area contributed by atoms with Crippen LogP contribution in [-0.2, 0) is 53.5 Å². The van der Waals surface area contributed by atoms with Crippen molar-refractivity contribution in [1.29, 1.82) is 0 Å². The van der Waals surface area contributed by atoms with Crippen molar-refractivity contribution in [2.75, 3.05) is 26.2 Å². The highest BCUT2D eigenvalue weighted by molar-refractivity contribution is 5.97. The molecular formula is C50H71N15O9. The van der Waals surface area contributed by atoms with Crippen LogP contribution in [-0.4, -0.2) is 124 Å². The van der Waals surface area contributed by atoms with E-state index in [0.717, 1.165) is 5.52 Å². The van der Waals surface area contributed by atoms with Crippen molar-refractivity contribution in [3.8, 4) is 11.5 Å². The van der Waals surface area contributed by atoms with E-state index in [-0.39, 0.29) is 88.0 Å². The molecule has 1 aromatic heterocycles. The van der Waals surface area contributed by atoms with E-state index in [1.807, 2.05) is 22.8 Å². The van der Waals surface area contributed by atoms with Crippen molar-refractivity contribution in [3.63, 3.8) is 0 Å². The SMILES string of the molecule is CC(=O)N[C@@H](CCCN=C(N)N)C(=O)N[C@@H](Cc1ccc(O)cc1)C(=O)N[C@@H](Cc1ccc(O)cc1)C(=O)N[C@@H](CCCN=C(N)N)C(=O)NC[C@H](C(=O)N[C@@H](CCCCN)C(N)=O)c1cn(C)c2ccccc12. The quantitative estimate of drug-likeness (QED) is 0.0160. The molecule has 4 rings (SSSR count). The number of aryl methyl sites for hydroxylation is 1. The highest BCUT2D eigenvalue weighted by Gasteiger charge is 2.33. The second-order valence-corrected chi connectivity index (χ2v) is 17.8. The molecule has 400 valence electrons. The number of carbonyl (C=O) groups excluding carboxylic acids is 7. The van der Waals surface area contributed by atoms with Crippen LogP contribution >= 0.6 is 0 Å². The number of nitrogens with two attached hydrogens (primary N) is 6. The molecule has 0 fully saturated rings. The van der Waals surface area contributed by atoms with E-state index in [1.54, 1.807) is 31.4 Å². The summed E-state index contributed by atoms with van der Waals surface area (Å²) in [6, 6.07) is 12.8. The Morgan fingerprint density at radius 3 is 1.51 bits per heavy atom. The number of para-hydroxylation sites is 1. The number of carbonyl (C=O) groups is 7. The number of unbranched alkanes of at least 4 members (excludes halogenated alkanes) is 1. The molecule has 7 amide bonds. The van der Waals surface area contributed by atoms with Gasteiger partial charge in [0, 0.05) is 63.5 Å². The van der Waals surface area contributed by atoms with Crippen molar-refractivity contribution in [3.05, 3.63) is 95.7 Å². The lowest BCUT2D eigenvalue weighted by atomic mass is 9.96. The first-order chi connectivity index (χ1) is 35.3. The molecule has 0 spiro atoms. The van der Waals surface area contributed by atoms with E-state index in [1.165, 1.54) is 43.3 Å². The molecule has 24 heteroatoms. The Morgan fingerprint density at radius 1 is 0.568 bits per heavy atom. The van der Waals surface area contributed by atoms with E-state index >= 15 is 0 Å². The molecule has 0 saturated carbocycles. The molecule has 6 atom stereocenters. The van der Waals surface area contributed by atoms with E-state index in [9.17, 15) is 43.8 Å². The predicted molar refractivity (Wildman–Crippen MR) is 280 cm³/mol. The number of fused-ring (bicyclic) bond motifs is 1. The summed E-state index contributed by atoms with van der Waals surface area (Å²) in [6.45, 7) is 1.53. The Hall–Kier alpha value is -8.41. The van der Waals surface area contributed by atoms with Crippen LogP contribution in [0.1, 0.15) is 74.5 Å². The maximum Gasteiger partial charge on any atom is 0.243 e. The van der Waals surface area contributed by atoms with Gasteiger partial charge in [-0.2, -0.15) is 0 Å². The van der Waals surface area contributed by atoms with Gasteiger partial charge in [-0.15, -0.1) is 0 Å². The normalized spacial score (nSPS) is 13.4. The average Bonchev–Trinajstić information content (AvgIpc) is 3.68. The number of phenols is 2. The Morgan fingerprint density at radius 2 is 1.03 bits per heavy atom. The zero-order chi connectivity index (χ0) is 54.3. The number of nitrogens with one attached hydrogen (secondary N) is 6. The van der Waals surface area contributed by atoms with Gasteiger partial charge in [0.1, 0.15) is 41.7 Å². The minimum atomic E-state index is -1.43. The van der Waals surface area contributed by atoms with Crippen molar-refractivity contribution < 1.29 is 43.8 Å². The summed E-state index contributed by atoms with van der Waals surface area (Å²) >= 11 is 0. The average molecular weight is 1030 g/mol. The van der Waals surface area contributed by atoms with Gasteiger partial charge in [-0.1, -0.05) is 42.5 Å². The number of guanidine groups is 2. The summed E-state index contributed by atoms with van der Waals surface area (Å²) < 4.78 is 1.83. The molecule has 0 unspecified atom stereocenters. The minimum absolute atomic E-state index is 0.0302. The molecule has 0 aliphatic heterocycles. The number of hydrogen-bond acceptors (Lipinski definition) is 12. The summed E-state index contributed by atoms with van der Waals surface area (Å²) in [5.74, 6) is -6.49. The number of phenolic OH excluding ortho intramolecular Hbond substituents is 2. The monoisotopic (exact) mass is 1030 g/mol. The largest absolute Gasteiger partial charge is 0.508 e. The van der Waals surface area contributed by atoms with Crippen LogP contribution in [0.3, 0.4) is 0 Å². The molecule has 24 nitrogen and oxygen atoms in total. The number of nitrogens with zero attached hydrogens (tertiary/aromatic N) is 3. The molecule has 0 radical (unpaired) electrons. The van der Waals surface area contributed by atoms with Gasteiger partial charge in [-0.3, -0.25) is 43.5 Å². The number of benzene rings is 3. The first-order valence-corrected chi connectivity index (χ1v) is 24.2. The van der Waals surface area contributed by atoms with Crippen LogP contribution in [0.2, 0.25) is 0 Å². The van der Waals surface area contributed by atoms with E-state index in [4.69, 9.17) is 34.4 Å². The number of hydrogen-bond donors (Lipinski definition) is 14. The molecule has 0 bridgehead atoms. The molecular weight excluding hydrogens is 955 g/mol. The third-order valence-electron chi connectivity index (χ3n) is 11.9. The lowest BCUT2D eigenvalue weighted by Crippen LogP contribution is -2.59. The van der Waals surface area contributed by atoms with Crippen LogP contribution in [0, 0.1) is 0 Å². The molecule has 1 heterocycles. The zero-order valence-corrected chi connectivity index (χ0v) is 41.7. The Balaban J connectivity index is 1.68. The van der Waals surface area contributed by atoms with Crippen molar-refractivity contribution in [2.24, 2.45) is 51.4 Å². The Labute approximate surface area is 428 Å². The molecule has 3 aromatic carbocycles. The zero-order valence-electron chi connectivity index (χ0n) is 41.7. The van der Waals surface area contributed by atoms with Gasteiger partial charge in [0.25, 0.3) is 0 Å². The lowest BCUT2D eigenvalue weighted by molar-refractivity contribution is -0.134. The highest BCUT2D eigenvalue weighted by Crippen LogP contribution is 2.28. The maximum atomic E-state index is 14.6. The van der Waals surface area contributed by atoms with Gasteiger partial charge in [-0.05, 0) is 98.5 Å². The van der Waals surface area contributed by atoms with E-state index < -0.39 is 77.5 Å². The van der Waals surface area contributed by atoms with E-state index in [0.29, 0.717) is 41.5 Å². The molecule has 4 aromatic rings. The number of primary amides is 1. The fourth-order valence-electron chi connectivity index (χ4n) is 8.13. The standard InChI is InChI=1S/C50H71N15O9/c1-29(66)60-39(12-8-24-58-50(55)56)46(72)63-41(26-31-16-20-33(68)21-17-31)48(74)64-40(25-30-14-18-32(67)19-15-30)47(73)62-38(11-7-23-57-49(53)54)45(71)59-27-35(36-28-65(2)42-13-4-3-9-34(36)42)44(70)61-37(43(52)69)10-5-6-22-51/h3-4,9,13-21,28,35,37-41,67-68H,5-8,10-12,22-27,51H2,1-2H3,(H2,52,69)(H,59,71)(H,60,66)(H,61,70)(H,62,73)(H,63,72)(H,64,74)(H4,53,54,57)(H4,55,56,58)/t35-,37-,38-,39-,40-,41-/m0/s1. The van der Waals surface area contributed by atoms with Crippen molar-refractivity contribution in [2.45, 2.75) is 101 Å². The van der Waals surface area contributed by atoms with Gasteiger partial charge < -0.3 is 81.1 Å². The summed E-state index contributed by atoms with van der Waals surface area (Å²) in [5.41, 5.74) is 35.8. The van der Waals surface area contributed by atoms with E-state index in [2.05, 4.69) is 41.9 Å². The highest BCUT2D eigenvalue weighted by atomic mass is 16.3. The lowest BCUT2D eigenvalue weighted by Gasteiger charge is -2.27. The second kappa shape index (κ2) is 29.2. The number of aliphatic imine (C=N–C) groups is 2. The van der Waals surface area contributed by atoms with Crippen LogP contribution in [0.5, 0.6) is 11.5 Å². The third kappa shape index (κ3) is 19.0. The number of aromatic hydroxyl groups is 2. The summed E-state index contributed by atoms with van der Waals surface area (Å²) in [4.78, 5) is 104. The number of aromatic nitrogens is 1. The summed E-state index contributed by atoms with van der Waals surface area (Å²) in [5, 5.41) is 37.1. The van der Waals surface area contributed by atoms with Crippen LogP contribution in [0.25, 0.3) is 10.9 Å². The van der Waals surface area contributed by atoms with Crippen molar-refractivity contribution in [1.82, 2.24) is 36.5 Å². The number of amides is 7. The van der Waals surface area contributed by atoms with Gasteiger partial charge in [0.05, 0.1) is 5.92 Å². The molecule has 74 heavy (non-hydrogen) atoms. The predicted octanol–water partition coefficient (Wildman–Crippen LogP) is -1.56. The Bertz CT molecular complexity index is 2600. The van der Waals surface area contributed by atoms with Crippen LogP contribution < -0.4 is 66.3 Å².